The SMILES string of the molecule is NCc1cccc(SCc2c(F)ccc(Br)c2F)c1. The number of thioether (sulfide) groups is 1. The van der Waals surface area contributed by atoms with Gasteiger partial charge in [0.1, 0.15) is 11.6 Å². The first-order valence-corrected chi connectivity index (χ1v) is 7.44. The summed E-state index contributed by atoms with van der Waals surface area (Å²) in [6.45, 7) is 0.452. The van der Waals surface area contributed by atoms with E-state index in [1.165, 1.54) is 23.9 Å². The Morgan fingerprint density at radius 2 is 1.95 bits per heavy atom. The molecular formula is C14H12BrF2NS. The molecule has 2 aromatic carbocycles. The summed E-state index contributed by atoms with van der Waals surface area (Å²) in [7, 11) is 0. The van der Waals surface area contributed by atoms with Gasteiger partial charge in [0.2, 0.25) is 0 Å². The predicted octanol–water partition coefficient (Wildman–Crippen LogP) is 4.48. The monoisotopic (exact) mass is 343 g/mol. The Hall–Kier alpha value is -0.910. The summed E-state index contributed by atoms with van der Waals surface area (Å²) in [4.78, 5) is 0.946. The van der Waals surface area contributed by atoms with Gasteiger partial charge in [0.15, 0.2) is 0 Å². The minimum atomic E-state index is -0.539. The summed E-state index contributed by atoms with van der Waals surface area (Å²) in [5.74, 6) is -0.823. The van der Waals surface area contributed by atoms with Crippen LogP contribution in [-0.4, -0.2) is 0 Å². The lowest BCUT2D eigenvalue weighted by atomic mass is 10.2. The number of benzene rings is 2. The Bertz CT molecular complexity index is 590. The molecule has 1 nitrogen and oxygen atoms in total. The smallest absolute Gasteiger partial charge is 0.144 e. The molecule has 5 heteroatoms. The summed E-state index contributed by atoms with van der Waals surface area (Å²) < 4.78 is 27.7. The maximum atomic E-state index is 13.8. The molecule has 0 aliphatic rings. The minimum Gasteiger partial charge on any atom is -0.326 e. The van der Waals surface area contributed by atoms with E-state index in [9.17, 15) is 8.78 Å². The zero-order valence-corrected chi connectivity index (χ0v) is 12.4. The average molecular weight is 344 g/mol. The van der Waals surface area contributed by atoms with Crippen molar-refractivity contribution >= 4 is 27.7 Å². The second kappa shape index (κ2) is 6.50. The highest BCUT2D eigenvalue weighted by molar-refractivity contribution is 9.10. The van der Waals surface area contributed by atoms with Crippen LogP contribution in [-0.2, 0) is 12.3 Å². The van der Waals surface area contributed by atoms with Crippen molar-refractivity contribution in [3.8, 4) is 0 Å². The molecule has 0 unspecified atom stereocenters. The predicted molar refractivity (Wildman–Crippen MR) is 78.0 cm³/mol. The first-order chi connectivity index (χ1) is 9.11. The van der Waals surface area contributed by atoms with E-state index in [-0.39, 0.29) is 15.8 Å². The third kappa shape index (κ3) is 3.55. The maximum Gasteiger partial charge on any atom is 0.144 e. The van der Waals surface area contributed by atoms with E-state index in [4.69, 9.17) is 5.73 Å². The molecule has 2 aromatic rings. The topological polar surface area (TPSA) is 26.0 Å². The van der Waals surface area contributed by atoms with E-state index < -0.39 is 11.6 Å². The van der Waals surface area contributed by atoms with Crippen molar-refractivity contribution in [2.45, 2.75) is 17.2 Å². The Morgan fingerprint density at radius 1 is 1.16 bits per heavy atom. The van der Waals surface area contributed by atoms with Crippen molar-refractivity contribution in [3.63, 3.8) is 0 Å². The molecule has 0 aliphatic heterocycles. The first kappa shape index (κ1) is 14.5. The third-order valence-corrected chi connectivity index (χ3v) is 4.29. The van der Waals surface area contributed by atoms with Crippen LogP contribution in [0.2, 0.25) is 0 Å². The lowest BCUT2D eigenvalue weighted by Crippen LogP contribution is -1.96. The zero-order chi connectivity index (χ0) is 13.8. The van der Waals surface area contributed by atoms with E-state index in [1.54, 1.807) is 0 Å². The molecule has 0 heterocycles. The van der Waals surface area contributed by atoms with E-state index in [0.717, 1.165) is 10.5 Å². The van der Waals surface area contributed by atoms with Gasteiger partial charge in [0, 0.05) is 22.8 Å². The molecule has 0 aromatic heterocycles. The van der Waals surface area contributed by atoms with Gasteiger partial charge in [0.05, 0.1) is 4.47 Å². The maximum absolute atomic E-state index is 13.8. The van der Waals surface area contributed by atoms with Crippen LogP contribution >= 0.6 is 27.7 Å². The Kier molecular flexibility index (Phi) is 4.96. The van der Waals surface area contributed by atoms with Gasteiger partial charge in [-0.05, 0) is 45.8 Å². The van der Waals surface area contributed by atoms with Crippen molar-refractivity contribution in [3.05, 3.63) is 63.6 Å². The van der Waals surface area contributed by atoms with Crippen LogP contribution in [0.15, 0.2) is 45.8 Å². The van der Waals surface area contributed by atoms with Crippen LogP contribution in [0.3, 0.4) is 0 Å². The molecular weight excluding hydrogens is 332 g/mol. The van der Waals surface area contributed by atoms with Crippen molar-refractivity contribution in [2.24, 2.45) is 5.73 Å². The number of hydrogen-bond acceptors (Lipinski definition) is 2. The van der Waals surface area contributed by atoms with Crippen LogP contribution < -0.4 is 5.73 Å². The van der Waals surface area contributed by atoms with Gasteiger partial charge in [-0.3, -0.25) is 0 Å². The highest BCUT2D eigenvalue weighted by Gasteiger charge is 2.12. The number of hydrogen-bond donors (Lipinski definition) is 1. The standard InChI is InChI=1S/C14H12BrF2NS/c15-12-4-5-13(16)11(14(12)17)8-19-10-3-1-2-9(6-10)7-18/h1-6H,7-8,18H2. The lowest BCUT2D eigenvalue weighted by molar-refractivity contribution is 0.562. The summed E-state index contributed by atoms with van der Waals surface area (Å²) in [5.41, 5.74) is 6.64. The van der Waals surface area contributed by atoms with Crippen LogP contribution in [0, 0.1) is 11.6 Å². The van der Waals surface area contributed by atoms with Crippen LogP contribution in [0.5, 0.6) is 0 Å². The van der Waals surface area contributed by atoms with Gasteiger partial charge < -0.3 is 5.73 Å². The minimum absolute atomic E-state index is 0.0810. The third-order valence-electron chi connectivity index (χ3n) is 2.66. The summed E-state index contributed by atoms with van der Waals surface area (Å²) in [5, 5.41) is 0. The average Bonchev–Trinajstić information content (AvgIpc) is 2.43. The number of halogens is 3. The second-order valence-corrected chi connectivity index (χ2v) is 5.87. The van der Waals surface area contributed by atoms with Gasteiger partial charge in [0.25, 0.3) is 0 Å². The fraction of sp³-hybridized carbons (Fsp3) is 0.143. The highest BCUT2D eigenvalue weighted by Crippen LogP contribution is 2.29. The van der Waals surface area contributed by atoms with Crippen LogP contribution in [0.1, 0.15) is 11.1 Å². The molecule has 2 rings (SSSR count). The van der Waals surface area contributed by atoms with Gasteiger partial charge in [-0.1, -0.05) is 12.1 Å². The van der Waals surface area contributed by atoms with Gasteiger partial charge >= 0.3 is 0 Å². The van der Waals surface area contributed by atoms with Crippen molar-refractivity contribution in [1.29, 1.82) is 0 Å². The Balaban J connectivity index is 2.16. The zero-order valence-electron chi connectivity index (χ0n) is 10.00. The Labute approximate surface area is 123 Å². The summed E-state index contributed by atoms with van der Waals surface area (Å²) >= 11 is 4.45. The molecule has 0 bridgehead atoms. The molecule has 0 radical (unpaired) electrons. The van der Waals surface area contributed by atoms with E-state index >= 15 is 0 Å². The molecule has 19 heavy (non-hydrogen) atoms. The molecule has 0 spiro atoms. The van der Waals surface area contributed by atoms with Crippen molar-refractivity contribution in [1.82, 2.24) is 0 Å². The summed E-state index contributed by atoms with van der Waals surface area (Å²) in [6, 6.07) is 10.3. The highest BCUT2D eigenvalue weighted by atomic mass is 79.9. The second-order valence-electron chi connectivity index (χ2n) is 3.96. The van der Waals surface area contributed by atoms with E-state index in [1.807, 2.05) is 24.3 Å². The van der Waals surface area contributed by atoms with E-state index in [2.05, 4.69) is 15.9 Å². The first-order valence-electron chi connectivity index (χ1n) is 5.66. The summed E-state index contributed by atoms with van der Waals surface area (Å²) in [6.07, 6.45) is 0. The molecule has 0 aliphatic carbocycles. The largest absolute Gasteiger partial charge is 0.326 e. The molecule has 100 valence electrons. The van der Waals surface area contributed by atoms with Crippen molar-refractivity contribution in [2.75, 3.05) is 0 Å². The molecule has 0 saturated carbocycles. The van der Waals surface area contributed by atoms with E-state index in [0.29, 0.717) is 6.54 Å². The Morgan fingerprint density at radius 3 is 2.68 bits per heavy atom. The number of rotatable bonds is 4. The molecule has 0 fully saturated rings. The molecule has 0 saturated heterocycles. The fourth-order valence-corrected chi connectivity index (χ4v) is 2.98. The molecule has 0 amide bonds. The fourth-order valence-electron chi connectivity index (χ4n) is 1.62. The molecule has 0 atom stereocenters. The molecule has 2 N–H and O–H groups in total. The number of nitrogens with two attached hydrogens (primary N) is 1. The normalized spacial score (nSPS) is 10.7. The van der Waals surface area contributed by atoms with Crippen molar-refractivity contribution < 1.29 is 8.78 Å². The van der Waals surface area contributed by atoms with Gasteiger partial charge in [-0.25, -0.2) is 8.78 Å². The van der Waals surface area contributed by atoms with Crippen LogP contribution in [0.4, 0.5) is 8.78 Å². The van der Waals surface area contributed by atoms with Gasteiger partial charge in [-0.2, -0.15) is 0 Å². The quantitative estimate of drug-likeness (QED) is 0.654. The van der Waals surface area contributed by atoms with Crippen LogP contribution in [0.25, 0.3) is 0 Å². The lowest BCUT2D eigenvalue weighted by Gasteiger charge is -2.07. The van der Waals surface area contributed by atoms with Gasteiger partial charge in [-0.15, -0.1) is 11.8 Å².